The van der Waals surface area contributed by atoms with E-state index in [0.717, 1.165) is 17.7 Å². The Morgan fingerprint density at radius 2 is 1.52 bits per heavy atom. The van der Waals surface area contributed by atoms with E-state index in [1.807, 2.05) is 0 Å². The quantitative estimate of drug-likeness (QED) is 0.662. The van der Waals surface area contributed by atoms with Crippen LogP contribution in [0.4, 0.5) is 24.5 Å². The van der Waals surface area contributed by atoms with E-state index < -0.39 is 17.6 Å². The van der Waals surface area contributed by atoms with Crippen molar-refractivity contribution in [3.63, 3.8) is 0 Å². The molecular formula is C21H16F3N3O2. The highest BCUT2D eigenvalue weighted by atomic mass is 19.4. The Hall–Kier alpha value is -3.68. The summed E-state index contributed by atoms with van der Waals surface area (Å²) in [6, 6.07) is 14.0. The molecule has 148 valence electrons. The number of alkyl halides is 3. The number of anilines is 2. The van der Waals surface area contributed by atoms with Gasteiger partial charge in [-0.15, -0.1) is 0 Å². The van der Waals surface area contributed by atoms with Crippen LogP contribution in [-0.2, 0) is 17.4 Å². The molecule has 0 aliphatic carbocycles. The third-order valence-electron chi connectivity index (χ3n) is 3.97. The van der Waals surface area contributed by atoms with Crippen LogP contribution in [0.15, 0.2) is 73.1 Å². The van der Waals surface area contributed by atoms with E-state index in [9.17, 15) is 22.8 Å². The first-order valence-electron chi connectivity index (χ1n) is 8.59. The maximum Gasteiger partial charge on any atom is 0.416 e. The van der Waals surface area contributed by atoms with Crippen molar-refractivity contribution in [1.29, 1.82) is 0 Å². The highest BCUT2D eigenvalue weighted by molar-refractivity contribution is 6.05. The van der Waals surface area contributed by atoms with Crippen molar-refractivity contribution in [2.75, 3.05) is 10.6 Å². The van der Waals surface area contributed by atoms with Gasteiger partial charge in [0.1, 0.15) is 0 Å². The van der Waals surface area contributed by atoms with Crippen LogP contribution in [0, 0.1) is 0 Å². The molecule has 0 aliphatic rings. The van der Waals surface area contributed by atoms with Gasteiger partial charge in [-0.25, -0.2) is 0 Å². The second kappa shape index (κ2) is 8.55. The zero-order chi connectivity index (χ0) is 20.9. The molecular weight excluding hydrogens is 383 g/mol. The standard InChI is InChI=1S/C21H16F3N3O2/c22-21(23,24)16-4-2-6-18(13-16)27-20(29)15-3-1-5-17(12-15)26-19(28)11-14-7-9-25-10-8-14/h1-10,12-13H,11H2,(H,26,28)(H,27,29). The molecule has 0 aliphatic heterocycles. The molecule has 0 atom stereocenters. The molecule has 0 saturated heterocycles. The summed E-state index contributed by atoms with van der Waals surface area (Å²) in [5, 5.41) is 5.12. The van der Waals surface area contributed by atoms with E-state index in [1.165, 1.54) is 24.3 Å². The average Bonchev–Trinajstić information content (AvgIpc) is 2.68. The number of amides is 2. The summed E-state index contributed by atoms with van der Waals surface area (Å²) >= 11 is 0. The van der Waals surface area contributed by atoms with Crippen molar-refractivity contribution in [2.45, 2.75) is 12.6 Å². The number of hydrogen-bond acceptors (Lipinski definition) is 3. The van der Waals surface area contributed by atoms with Crippen molar-refractivity contribution in [1.82, 2.24) is 4.98 Å². The summed E-state index contributed by atoms with van der Waals surface area (Å²) in [6.07, 6.45) is -1.19. The number of nitrogens with zero attached hydrogens (tertiary/aromatic N) is 1. The number of rotatable bonds is 5. The number of hydrogen-bond donors (Lipinski definition) is 2. The smallest absolute Gasteiger partial charge is 0.326 e. The molecule has 0 fully saturated rings. The van der Waals surface area contributed by atoms with Gasteiger partial charge >= 0.3 is 6.18 Å². The van der Waals surface area contributed by atoms with Crippen LogP contribution in [0.5, 0.6) is 0 Å². The first-order chi connectivity index (χ1) is 13.8. The molecule has 29 heavy (non-hydrogen) atoms. The molecule has 1 aromatic heterocycles. The van der Waals surface area contributed by atoms with Gasteiger partial charge in [0.05, 0.1) is 12.0 Å². The van der Waals surface area contributed by atoms with Crippen molar-refractivity contribution < 1.29 is 22.8 Å². The molecule has 1 heterocycles. The Balaban J connectivity index is 1.67. The molecule has 0 saturated carbocycles. The topological polar surface area (TPSA) is 71.1 Å². The first-order valence-corrected chi connectivity index (χ1v) is 8.59. The lowest BCUT2D eigenvalue weighted by molar-refractivity contribution is -0.137. The zero-order valence-electron chi connectivity index (χ0n) is 15.0. The van der Waals surface area contributed by atoms with Crippen LogP contribution in [0.2, 0.25) is 0 Å². The Kier molecular flexibility index (Phi) is 5.92. The van der Waals surface area contributed by atoms with E-state index >= 15 is 0 Å². The van der Waals surface area contributed by atoms with Gasteiger partial charge in [0.2, 0.25) is 5.91 Å². The van der Waals surface area contributed by atoms with Crippen molar-refractivity contribution in [3.8, 4) is 0 Å². The van der Waals surface area contributed by atoms with Gasteiger partial charge in [0.25, 0.3) is 5.91 Å². The second-order valence-corrected chi connectivity index (χ2v) is 6.19. The van der Waals surface area contributed by atoms with E-state index in [2.05, 4.69) is 15.6 Å². The minimum absolute atomic E-state index is 0.0250. The molecule has 2 aromatic carbocycles. The van der Waals surface area contributed by atoms with E-state index in [1.54, 1.807) is 36.7 Å². The summed E-state index contributed by atoms with van der Waals surface area (Å²) in [6.45, 7) is 0. The molecule has 0 radical (unpaired) electrons. The van der Waals surface area contributed by atoms with Crippen LogP contribution in [0.3, 0.4) is 0 Å². The molecule has 0 unspecified atom stereocenters. The Morgan fingerprint density at radius 1 is 0.862 bits per heavy atom. The van der Waals surface area contributed by atoms with Gasteiger partial charge in [-0.3, -0.25) is 14.6 Å². The zero-order valence-corrected chi connectivity index (χ0v) is 15.0. The van der Waals surface area contributed by atoms with Crippen LogP contribution < -0.4 is 10.6 Å². The summed E-state index contributed by atoms with van der Waals surface area (Å²) in [4.78, 5) is 28.4. The van der Waals surface area contributed by atoms with Gasteiger partial charge in [-0.05, 0) is 54.1 Å². The maximum atomic E-state index is 12.8. The Labute approximate surface area is 164 Å². The van der Waals surface area contributed by atoms with E-state index in [4.69, 9.17) is 0 Å². The number of aromatic nitrogens is 1. The molecule has 0 spiro atoms. The van der Waals surface area contributed by atoms with Crippen molar-refractivity contribution in [2.24, 2.45) is 0 Å². The predicted molar refractivity (Wildman–Crippen MR) is 102 cm³/mol. The summed E-state index contributed by atoms with van der Waals surface area (Å²) in [5.41, 5.74) is 0.560. The van der Waals surface area contributed by atoms with Gasteiger partial charge in [0, 0.05) is 29.3 Å². The summed E-state index contributed by atoms with van der Waals surface area (Å²) < 4.78 is 38.4. The predicted octanol–water partition coefficient (Wildman–Crippen LogP) is 4.53. The van der Waals surface area contributed by atoms with Crippen molar-refractivity contribution in [3.05, 3.63) is 89.7 Å². The minimum Gasteiger partial charge on any atom is -0.326 e. The number of carbonyl (C=O) groups excluding carboxylic acids is 2. The lowest BCUT2D eigenvalue weighted by Crippen LogP contribution is -2.16. The highest BCUT2D eigenvalue weighted by Crippen LogP contribution is 2.30. The summed E-state index contributed by atoms with van der Waals surface area (Å²) in [7, 11) is 0. The lowest BCUT2D eigenvalue weighted by Gasteiger charge is -2.11. The SMILES string of the molecule is O=C(Cc1ccncc1)Nc1cccc(C(=O)Nc2cccc(C(F)(F)F)c2)c1. The number of carbonyl (C=O) groups is 2. The van der Waals surface area contributed by atoms with Gasteiger partial charge in [0.15, 0.2) is 0 Å². The van der Waals surface area contributed by atoms with Crippen LogP contribution in [0.1, 0.15) is 21.5 Å². The number of halogens is 3. The lowest BCUT2D eigenvalue weighted by atomic mass is 10.1. The monoisotopic (exact) mass is 399 g/mol. The normalized spacial score (nSPS) is 11.0. The molecule has 3 aromatic rings. The second-order valence-electron chi connectivity index (χ2n) is 6.19. The van der Waals surface area contributed by atoms with Gasteiger partial charge < -0.3 is 10.6 Å². The van der Waals surface area contributed by atoms with E-state index in [-0.39, 0.29) is 23.6 Å². The van der Waals surface area contributed by atoms with Crippen LogP contribution >= 0.6 is 0 Å². The number of nitrogens with one attached hydrogen (secondary N) is 2. The fraction of sp³-hybridized carbons (Fsp3) is 0.0952. The minimum atomic E-state index is -4.50. The van der Waals surface area contributed by atoms with Crippen LogP contribution in [0.25, 0.3) is 0 Å². The molecule has 8 heteroatoms. The third kappa shape index (κ3) is 5.65. The summed E-state index contributed by atoms with van der Waals surface area (Å²) in [5.74, 6) is -0.860. The fourth-order valence-electron chi connectivity index (χ4n) is 2.61. The molecule has 2 N–H and O–H groups in total. The molecule has 3 rings (SSSR count). The van der Waals surface area contributed by atoms with Crippen molar-refractivity contribution >= 4 is 23.2 Å². The first kappa shape index (κ1) is 20.1. The maximum absolute atomic E-state index is 12.8. The molecule has 2 amide bonds. The third-order valence-corrected chi connectivity index (χ3v) is 3.97. The molecule has 0 bridgehead atoms. The average molecular weight is 399 g/mol. The van der Waals surface area contributed by atoms with Gasteiger partial charge in [-0.2, -0.15) is 13.2 Å². The molecule has 5 nitrogen and oxygen atoms in total. The number of benzene rings is 2. The Bertz CT molecular complexity index is 1020. The number of pyridine rings is 1. The Morgan fingerprint density at radius 3 is 2.21 bits per heavy atom. The largest absolute Gasteiger partial charge is 0.416 e. The van der Waals surface area contributed by atoms with Crippen LogP contribution in [-0.4, -0.2) is 16.8 Å². The highest BCUT2D eigenvalue weighted by Gasteiger charge is 2.30. The van der Waals surface area contributed by atoms with Gasteiger partial charge in [-0.1, -0.05) is 12.1 Å². The van der Waals surface area contributed by atoms with E-state index in [0.29, 0.717) is 5.69 Å². The fourth-order valence-corrected chi connectivity index (χ4v) is 2.61.